The molecule has 0 bridgehead atoms. The summed E-state index contributed by atoms with van der Waals surface area (Å²) in [5.41, 5.74) is 8.40. The number of hydrogen-bond donors (Lipinski definition) is 2. The summed E-state index contributed by atoms with van der Waals surface area (Å²) in [5, 5.41) is 0. The zero-order valence-electron chi connectivity index (χ0n) is 11.2. The Bertz CT molecular complexity index is 564. The molecule has 20 heavy (non-hydrogen) atoms. The molecule has 4 N–H and O–H groups in total. The van der Waals surface area contributed by atoms with E-state index >= 15 is 0 Å². The highest BCUT2D eigenvalue weighted by Gasteiger charge is 2.48. The van der Waals surface area contributed by atoms with E-state index in [0.717, 1.165) is 12.1 Å². The Balaban J connectivity index is 2.74. The van der Waals surface area contributed by atoms with Crippen LogP contribution in [-0.4, -0.2) is 18.8 Å². The fraction of sp³-hybridized carbons (Fsp3) is 0.462. The van der Waals surface area contributed by atoms with Crippen molar-refractivity contribution in [2.75, 3.05) is 12.4 Å². The molecule has 0 saturated carbocycles. The van der Waals surface area contributed by atoms with E-state index in [9.17, 15) is 13.2 Å². The number of alkyl halides is 1. The van der Waals surface area contributed by atoms with Crippen molar-refractivity contribution in [2.24, 2.45) is 16.6 Å². The maximum Gasteiger partial charge on any atom is 0.283 e. The second-order valence-electron chi connectivity index (χ2n) is 4.95. The maximum absolute atomic E-state index is 14.2. The molecule has 1 heterocycles. The van der Waals surface area contributed by atoms with E-state index in [1.165, 1.54) is 0 Å². The quantitative estimate of drug-likeness (QED) is 0.818. The molecule has 1 unspecified atom stereocenters. The predicted octanol–water partition coefficient (Wildman–Crippen LogP) is 2.08. The third kappa shape index (κ3) is 1.97. The molecule has 1 aromatic rings. The van der Waals surface area contributed by atoms with E-state index in [1.54, 1.807) is 13.8 Å². The number of amidine groups is 1. The van der Waals surface area contributed by atoms with Gasteiger partial charge >= 0.3 is 0 Å². The van der Waals surface area contributed by atoms with Crippen LogP contribution < -0.4 is 11.5 Å². The zero-order chi connectivity index (χ0) is 15.1. The molecule has 0 amide bonds. The van der Waals surface area contributed by atoms with Gasteiger partial charge in [-0.05, 0) is 19.1 Å². The van der Waals surface area contributed by atoms with Crippen molar-refractivity contribution in [3.05, 3.63) is 29.3 Å². The molecule has 110 valence electrons. The minimum Gasteiger partial charge on any atom is -0.462 e. The number of halogens is 3. The summed E-state index contributed by atoms with van der Waals surface area (Å²) in [6.45, 7) is 2.13. The second kappa shape index (κ2) is 4.88. The van der Waals surface area contributed by atoms with Crippen LogP contribution in [0.5, 0.6) is 0 Å². The number of nitrogens with zero attached hydrogens (tertiary/aromatic N) is 1. The Morgan fingerprint density at radius 2 is 1.95 bits per heavy atom. The van der Waals surface area contributed by atoms with E-state index in [-0.39, 0.29) is 11.7 Å². The van der Waals surface area contributed by atoms with Crippen LogP contribution in [0.15, 0.2) is 17.1 Å². The second-order valence-corrected chi connectivity index (χ2v) is 4.95. The number of nitrogen functional groups attached to an aromatic ring is 1. The molecule has 0 fully saturated rings. The van der Waals surface area contributed by atoms with Crippen LogP contribution in [0, 0.1) is 17.6 Å². The molecule has 1 aliphatic heterocycles. The lowest BCUT2D eigenvalue weighted by molar-refractivity contribution is 0.0476. The van der Waals surface area contributed by atoms with Gasteiger partial charge in [0.1, 0.15) is 24.1 Å². The Labute approximate surface area is 114 Å². The highest BCUT2D eigenvalue weighted by Crippen LogP contribution is 2.43. The number of nitrogens with two attached hydrogens (primary N) is 2. The Kier molecular flexibility index (Phi) is 3.54. The fourth-order valence-electron chi connectivity index (χ4n) is 2.47. The fourth-order valence-corrected chi connectivity index (χ4v) is 2.47. The lowest BCUT2D eigenvalue weighted by Crippen LogP contribution is -2.49. The van der Waals surface area contributed by atoms with Crippen LogP contribution in [0.1, 0.15) is 19.4 Å². The number of anilines is 1. The third-order valence-corrected chi connectivity index (χ3v) is 3.83. The van der Waals surface area contributed by atoms with Crippen LogP contribution in [0.25, 0.3) is 0 Å². The number of ether oxygens (including phenoxy) is 1. The topological polar surface area (TPSA) is 73.6 Å². The van der Waals surface area contributed by atoms with Gasteiger partial charge in [0, 0.05) is 5.92 Å². The standard InChI is InChI=1S/C13H16F3N3O/c1-6-7(2)20-12(18)19-13(6,5-14)10-8(15)3-4-9(17)11(10)16/h3-4,6-7H,5,17H2,1-2H3,(H2,18,19)/t6-,7?,13-/m1/s1. The van der Waals surface area contributed by atoms with Crippen molar-refractivity contribution in [1.82, 2.24) is 0 Å². The molecular formula is C13H16F3N3O. The Morgan fingerprint density at radius 3 is 2.55 bits per heavy atom. The van der Waals surface area contributed by atoms with Crippen molar-refractivity contribution in [1.29, 1.82) is 0 Å². The molecule has 1 aromatic carbocycles. The molecule has 0 aromatic heterocycles. The molecule has 7 heteroatoms. The summed E-state index contributed by atoms with van der Waals surface area (Å²) >= 11 is 0. The molecule has 1 aliphatic rings. The van der Waals surface area contributed by atoms with Gasteiger partial charge in [-0.3, -0.25) is 0 Å². The van der Waals surface area contributed by atoms with Gasteiger partial charge in [-0.25, -0.2) is 18.2 Å². The number of aliphatic imine (C=N–C) groups is 1. The predicted molar refractivity (Wildman–Crippen MR) is 69.8 cm³/mol. The van der Waals surface area contributed by atoms with Gasteiger partial charge in [-0.1, -0.05) is 6.92 Å². The first-order valence-corrected chi connectivity index (χ1v) is 6.15. The molecule has 0 radical (unpaired) electrons. The summed E-state index contributed by atoms with van der Waals surface area (Å²) in [6.07, 6.45) is -0.538. The average Bonchev–Trinajstić information content (AvgIpc) is 2.39. The number of hydrogen-bond acceptors (Lipinski definition) is 4. The normalized spacial score (nSPS) is 29.8. The van der Waals surface area contributed by atoms with Crippen molar-refractivity contribution in [2.45, 2.75) is 25.5 Å². The largest absolute Gasteiger partial charge is 0.462 e. The highest BCUT2D eigenvalue weighted by molar-refractivity contribution is 5.73. The summed E-state index contributed by atoms with van der Waals surface area (Å²) in [6, 6.07) is 1.78. The first-order valence-electron chi connectivity index (χ1n) is 6.15. The maximum atomic E-state index is 14.2. The van der Waals surface area contributed by atoms with E-state index in [4.69, 9.17) is 16.2 Å². The first kappa shape index (κ1) is 14.5. The third-order valence-electron chi connectivity index (χ3n) is 3.83. The summed E-state index contributed by atoms with van der Waals surface area (Å²) in [4.78, 5) is 3.86. The summed E-state index contributed by atoms with van der Waals surface area (Å²) in [5.74, 6) is -2.54. The van der Waals surface area contributed by atoms with Crippen LogP contribution >= 0.6 is 0 Å². The van der Waals surface area contributed by atoms with Gasteiger partial charge in [0.2, 0.25) is 0 Å². The Hall–Kier alpha value is -1.92. The van der Waals surface area contributed by atoms with Crippen LogP contribution in [-0.2, 0) is 10.3 Å². The van der Waals surface area contributed by atoms with Crippen molar-refractivity contribution >= 4 is 11.7 Å². The van der Waals surface area contributed by atoms with Crippen molar-refractivity contribution in [3.8, 4) is 0 Å². The Morgan fingerprint density at radius 1 is 1.30 bits per heavy atom. The van der Waals surface area contributed by atoms with Crippen molar-refractivity contribution < 1.29 is 17.9 Å². The minimum atomic E-state index is -1.77. The van der Waals surface area contributed by atoms with Gasteiger partial charge in [0.25, 0.3) is 6.02 Å². The molecule has 3 atom stereocenters. The zero-order valence-corrected chi connectivity index (χ0v) is 11.2. The van der Waals surface area contributed by atoms with E-state index in [2.05, 4.69) is 4.99 Å². The van der Waals surface area contributed by atoms with Gasteiger partial charge < -0.3 is 16.2 Å². The van der Waals surface area contributed by atoms with Crippen molar-refractivity contribution in [3.63, 3.8) is 0 Å². The molecule has 0 aliphatic carbocycles. The highest BCUT2D eigenvalue weighted by atomic mass is 19.1. The minimum absolute atomic E-state index is 0.269. The van der Waals surface area contributed by atoms with E-state index < -0.39 is 41.4 Å². The summed E-state index contributed by atoms with van der Waals surface area (Å²) < 4.78 is 47.2. The lowest BCUT2D eigenvalue weighted by Gasteiger charge is -2.40. The molecule has 0 spiro atoms. The SMILES string of the molecule is CC1OC(N)=N[C@@](CF)(c2c(F)ccc(N)c2F)[C@@H]1C. The summed E-state index contributed by atoms with van der Waals surface area (Å²) in [7, 11) is 0. The smallest absolute Gasteiger partial charge is 0.283 e. The van der Waals surface area contributed by atoms with Gasteiger partial charge in [0.15, 0.2) is 5.82 Å². The molecule has 0 saturated heterocycles. The van der Waals surface area contributed by atoms with Crippen LogP contribution in [0.3, 0.4) is 0 Å². The lowest BCUT2D eigenvalue weighted by atomic mass is 9.76. The van der Waals surface area contributed by atoms with Gasteiger partial charge in [-0.15, -0.1) is 0 Å². The number of rotatable bonds is 2. The van der Waals surface area contributed by atoms with E-state index in [1.807, 2.05) is 0 Å². The van der Waals surface area contributed by atoms with Gasteiger partial charge in [0.05, 0.1) is 11.3 Å². The van der Waals surface area contributed by atoms with Gasteiger partial charge in [-0.2, -0.15) is 0 Å². The number of benzene rings is 1. The van der Waals surface area contributed by atoms with Crippen LogP contribution in [0.4, 0.5) is 18.9 Å². The monoisotopic (exact) mass is 287 g/mol. The molecule has 2 rings (SSSR count). The van der Waals surface area contributed by atoms with Crippen LogP contribution in [0.2, 0.25) is 0 Å². The average molecular weight is 287 g/mol. The first-order chi connectivity index (χ1) is 9.33. The molecular weight excluding hydrogens is 271 g/mol. The molecule has 4 nitrogen and oxygen atoms in total. The van der Waals surface area contributed by atoms with E-state index in [0.29, 0.717) is 0 Å².